The second kappa shape index (κ2) is 11.5. The van der Waals surface area contributed by atoms with Crippen molar-refractivity contribution < 1.29 is 13.9 Å². The van der Waals surface area contributed by atoms with Crippen LogP contribution >= 0.6 is 24.0 Å². The molecule has 0 saturated carbocycles. The Hall–Kier alpha value is -1.29. The van der Waals surface area contributed by atoms with Crippen molar-refractivity contribution in [2.75, 3.05) is 52.5 Å². The van der Waals surface area contributed by atoms with E-state index in [4.69, 9.17) is 14.1 Å². The maximum atomic E-state index is 12.7. The largest absolute Gasteiger partial charge is 0.469 e. The van der Waals surface area contributed by atoms with Crippen LogP contribution in [0, 0.1) is 5.92 Å². The Morgan fingerprint density at radius 3 is 2.59 bits per heavy atom. The molecule has 0 atom stereocenters. The highest BCUT2D eigenvalue weighted by atomic mass is 127. The van der Waals surface area contributed by atoms with Gasteiger partial charge in [-0.3, -0.25) is 9.79 Å². The van der Waals surface area contributed by atoms with Gasteiger partial charge in [0.25, 0.3) is 0 Å². The van der Waals surface area contributed by atoms with Gasteiger partial charge in [0.2, 0.25) is 5.91 Å². The fourth-order valence-corrected chi connectivity index (χ4v) is 3.53. The number of aliphatic imine (C=N–C) groups is 1. The number of piperidine rings is 1. The first-order chi connectivity index (χ1) is 12.8. The van der Waals surface area contributed by atoms with E-state index in [1.165, 1.54) is 0 Å². The van der Waals surface area contributed by atoms with E-state index in [1.54, 1.807) is 6.26 Å². The zero-order valence-electron chi connectivity index (χ0n) is 16.1. The summed E-state index contributed by atoms with van der Waals surface area (Å²) in [7, 11) is 0. The van der Waals surface area contributed by atoms with Crippen LogP contribution in [-0.2, 0) is 16.0 Å². The Kier molecular flexibility index (Phi) is 9.40. The number of amides is 1. The molecule has 152 valence electrons. The van der Waals surface area contributed by atoms with Crippen LogP contribution in [0.3, 0.4) is 0 Å². The summed E-state index contributed by atoms with van der Waals surface area (Å²) in [6.45, 7) is 8.15. The van der Waals surface area contributed by atoms with Gasteiger partial charge in [-0.25, -0.2) is 0 Å². The van der Waals surface area contributed by atoms with E-state index in [9.17, 15) is 4.79 Å². The van der Waals surface area contributed by atoms with Crippen LogP contribution in [0.4, 0.5) is 0 Å². The Labute approximate surface area is 178 Å². The number of nitrogens with one attached hydrogen (secondary N) is 1. The number of morpholine rings is 1. The van der Waals surface area contributed by atoms with Crippen LogP contribution in [0.2, 0.25) is 0 Å². The van der Waals surface area contributed by atoms with Crippen LogP contribution in [0.15, 0.2) is 27.8 Å². The minimum Gasteiger partial charge on any atom is -0.469 e. The van der Waals surface area contributed by atoms with Gasteiger partial charge in [-0.05, 0) is 31.9 Å². The highest BCUT2D eigenvalue weighted by Crippen LogP contribution is 2.20. The molecular formula is C19H31IN4O3. The minimum absolute atomic E-state index is 0. The highest BCUT2D eigenvalue weighted by Gasteiger charge is 2.30. The summed E-state index contributed by atoms with van der Waals surface area (Å²) in [4.78, 5) is 21.6. The lowest BCUT2D eigenvalue weighted by molar-refractivity contribution is -0.140. The van der Waals surface area contributed by atoms with Gasteiger partial charge in [0.1, 0.15) is 5.76 Å². The lowest BCUT2D eigenvalue weighted by Gasteiger charge is -2.36. The van der Waals surface area contributed by atoms with Crippen molar-refractivity contribution in [1.82, 2.24) is 15.1 Å². The molecule has 0 spiro atoms. The van der Waals surface area contributed by atoms with Gasteiger partial charge in [0.15, 0.2) is 5.96 Å². The van der Waals surface area contributed by atoms with Gasteiger partial charge < -0.3 is 24.3 Å². The molecule has 3 rings (SSSR count). The Bertz CT molecular complexity index is 580. The van der Waals surface area contributed by atoms with Crippen molar-refractivity contribution in [2.24, 2.45) is 10.9 Å². The number of likely N-dealkylation sites (tertiary alicyclic amines) is 1. The third-order valence-electron chi connectivity index (χ3n) is 5.00. The first kappa shape index (κ1) is 22.0. The van der Waals surface area contributed by atoms with E-state index in [0.29, 0.717) is 25.7 Å². The van der Waals surface area contributed by atoms with Gasteiger partial charge in [-0.1, -0.05) is 0 Å². The van der Waals surface area contributed by atoms with Gasteiger partial charge in [0, 0.05) is 51.6 Å². The number of carbonyl (C=O) groups is 1. The SMILES string of the molecule is CCNC(=NCCc1ccco1)N1CCC(C(=O)N2CCOCC2)CC1.I. The molecule has 0 unspecified atom stereocenters. The molecular weight excluding hydrogens is 459 g/mol. The predicted molar refractivity (Wildman–Crippen MR) is 116 cm³/mol. The molecule has 0 aliphatic carbocycles. The molecule has 1 aromatic heterocycles. The predicted octanol–water partition coefficient (Wildman–Crippen LogP) is 1.98. The minimum atomic E-state index is 0. The van der Waals surface area contributed by atoms with E-state index >= 15 is 0 Å². The van der Waals surface area contributed by atoms with Crippen LogP contribution in [0.1, 0.15) is 25.5 Å². The quantitative estimate of drug-likeness (QED) is 0.389. The average Bonchev–Trinajstić information content (AvgIpc) is 3.21. The van der Waals surface area contributed by atoms with Gasteiger partial charge in [-0.2, -0.15) is 0 Å². The fraction of sp³-hybridized carbons (Fsp3) is 0.684. The molecule has 0 bridgehead atoms. The summed E-state index contributed by atoms with van der Waals surface area (Å²) in [6, 6.07) is 3.88. The molecule has 1 aromatic rings. The third kappa shape index (κ3) is 6.38. The van der Waals surface area contributed by atoms with Crippen molar-refractivity contribution in [3.8, 4) is 0 Å². The van der Waals surface area contributed by atoms with E-state index in [1.807, 2.05) is 17.0 Å². The zero-order chi connectivity index (χ0) is 18.2. The van der Waals surface area contributed by atoms with Crippen molar-refractivity contribution in [3.05, 3.63) is 24.2 Å². The summed E-state index contributed by atoms with van der Waals surface area (Å²) in [5, 5.41) is 3.37. The van der Waals surface area contributed by atoms with Crippen molar-refractivity contribution in [1.29, 1.82) is 0 Å². The first-order valence-electron chi connectivity index (χ1n) is 9.70. The number of rotatable bonds is 5. The molecule has 2 aliphatic rings. The zero-order valence-corrected chi connectivity index (χ0v) is 18.4. The van der Waals surface area contributed by atoms with E-state index in [-0.39, 0.29) is 29.9 Å². The molecule has 27 heavy (non-hydrogen) atoms. The molecule has 2 fully saturated rings. The number of hydrogen-bond donors (Lipinski definition) is 1. The molecule has 3 heterocycles. The second-order valence-electron chi connectivity index (χ2n) is 6.76. The Balaban J connectivity index is 0.00000261. The number of ether oxygens (including phenoxy) is 1. The van der Waals surface area contributed by atoms with Crippen LogP contribution in [-0.4, -0.2) is 74.1 Å². The summed E-state index contributed by atoms with van der Waals surface area (Å²) in [6.07, 6.45) is 4.27. The molecule has 8 heteroatoms. The topological polar surface area (TPSA) is 70.3 Å². The molecule has 2 aliphatic heterocycles. The van der Waals surface area contributed by atoms with E-state index < -0.39 is 0 Å². The average molecular weight is 490 g/mol. The van der Waals surface area contributed by atoms with Crippen molar-refractivity contribution >= 4 is 35.8 Å². The number of carbonyl (C=O) groups excluding carboxylic acids is 1. The summed E-state index contributed by atoms with van der Waals surface area (Å²) in [5.41, 5.74) is 0. The number of hydrogen-bond acceptors (Lipinski definition) is 4. The molecule has 2 saturated heterocycles. The molecule has 7 nitrogen and oxygen atoms in total. The molecule has 0 radical (unpaired) electrons. The normalized spacial score (nSPS) is 18.9. The van der Waals surface area contributed by atoms with Crippen molar-refractivity contribution in [3.63, 3.8) is 0 Å². The fourth-order valence-electron chi connectivity index (χ4n) is 3.53. The third-order valence-corrected chi connectivity index (χ3v) is 5.00. The van der Waals surface area contributed by atoms with E-state index in [2.05, 4.69) is 17.1 Å². The Morgan fingerprint density at radius 1 is 1.22 bits per heavy atom. The summed E-state index contributed by atoms with van der Waals surface area (Å²) < 4.78 is 10.7. The van der Waals surface area contributed by atoms with E-state index in [0.717, 1.165) is 63.7 Å². The lowest BCUT2D eigenvalue weighted by Crippen LogP contribution is -2.50. The summed E-state index contributed by atoms with van der Waals surface area (Å²) in [5.74, 6) is 2.33. The van der Waals surface area contributed by atoms with Gasteiger partial charge >= 0.3 is 0 Å². The van der Waals surface area contributed by atoms with Gasteiger partial charge in [-0.15, -0.1) is 24.0 Å². The number of furan rings is 1. The summed E-state index contributed by atoms with van der Waals surface area (Å²) >= 11 is 0. The number of guanidine groups is 1. The first-order valence-corrected chi connectivity index (χ1v) is 9.70. The maximum Gasteiger partial charge on any atom is 0.225 e. The van der Waals surface area contributed by atoms with Crippen LogP contribution in [0.5, 0.6) is 0 Å². The van der Waals surface area contributed by atoms with Crippen molar-refractivity contribution in [2.45, 2.75) is 26.2 Å². The molecule has 1 N–H and O–H groups in total. The van der Waals surface area contributed by atoms with Crippen LogP contribution in [0.25, 0.3) is 0 Å². The number of halogens is 1. The highest BCUT2D eigenvalue weighted by molar-refractivity contribution is 14.0. The monoisotopic (exact) mass is 490 g/mol. The van der Waals surface area contributed by atoms with Crippen LogP contribution < -0.4 is 5.32 Å². The lowest BCUT2D eigenvalue weighted by atomic mass is 9.95. The standard InChI is InChI=1S/C19H30N4O3.HI/c1-2-20-19(21-8-5-17-4-3-13-26-17)23-9-6-16(7-10-23)18(24)22-11-14-25-15-12-22;/h3-4,13,16H,2,5-12,14-15H2,1H3,(H,20,21);1H. The maximum absolute atomic E-state index is 12.7. The number of nitrogens with zero attached hydrogens (tertiary/aromatic N) is 3. The smallest absolute Gasteiger partial charge is 0.225 e. The molecule has 1 amide bonds. The second-order valence-corrected chi connectivity index (χ2v) is 6.76. The van der Waals surface area contributed by atoms with Gasteiger partial charge in [0.05, 0.1) is 19.5 Å². The Morgan fingerprint density at radius 2 is 1.96 bits per heavy atom. The molecule has 0 aromatic carbocycles.